The van der Waals surface area contributed by atoms with E-state index in [1.165, 1.54) is 0 Å². The van der Waals surface area contributed by atoms with Crippen LogP contribution in [0.2, 0.25) is 0 Å². The zero-order valence-electron chi connectivity index (χ0n) is 10.9. The Labute approximate surface area is 111 Å². The zero-order valence-corrected chi connectivity index (χ0v) is 10.9. The molecule has 0 amide bonds. The molecule has 1 unspecified atom stereocenters. The number of anilines is 1. The van der Waals surface area contributed by atoms with E-state index in [4.69, 9.17) is 0 Å². The van der Waals surface area contributed by atoms with Crippen molar-refractivity contribution in [3.8, 4) is 0 Å². The van der Waals surface area contributed by atoms with Crippen LogP contribution in [0.4, 0.5) is 5.82 Å². The molecule has 3 rings (SSSR count). The van der Waals surface area contributed by atoms with E-state index in [1.807, 2.05) is 18.2 Å². The maximum atomic E-state index is 11.5. The summed E-state index contributed by atoms with van der Waals surface area (Å²) < 4.78 is 1.65. The van der Waals surface area contributed by atoms with Crippen molar-refractivity contribution in [3.05, 3.63) is 30.1 Å². The first-order chi connectivity index (χ1) is 9.20. The number of carbonyl (C=O) groups is 1. The number of aromatic nitrogens is 2. The van der Waals surface area contributed by atoms with Crippen molar-refractivity contribution < 1.29 is 9.90 Å². The van der Waals surface area contributed by atoms with Gasteiger partial charge in [-0.1, -0.05) is 19.4 Å². The SMILES string of the molecule is CCC1CCN(c2nc3ccccn3c2C(=O)O)C1. The Balaban J connectivity index is 2.08. The number of carboxylic acid groups (broad SMARTS) is 1. The Bertz CT molecular complexity index is 620. The number of fused-ring (bicyclic) bond motifs is 1. The maximum Gasteiger partial charge on any atom is 0.356 e. The molecule has 2 aromatic heterocycles. The van der Waals surface area contributed by atoms with Gasteiger partial charge in [-0.25, -0.2) is 9.78 Å². The molecule has 100 valence electrons. The van der Waals surface area contributed by atoms with Gasteiger partial charge in [-0.05, 0) is 24.5 Å². The van der Waals surface area contributed by atoms with Crippen LogP contribution < -0.4 is 4.90 Å². The number of hydrogen-bond acceptors (Lipinski definition) is 3. The van der Waals surface area contributed by atoms with Gasteiger partial charge >= 0.3 is 5.97 Å². The Morgan fingerprint density at radius 3 is 3.05 bits per heavy atom. The van der Waals surface area contributed by atoms with Crippen LogP contribution in [0.3, 0.4) is 0 Å². The molecule has 5 nitrogen and oxygen atoms in total. The van der Waals surface area contributed by atoms with Crippen LogP contribution in [0, 0.1) is 5.92 Å². The molecule has 1 aliphatic rings. The van der Waals surface area contributed by atoms with Crippen molar-refractivity contribution in [3.63, 3.8) is 0 Å². The second-order valence-corrected chi connectivity index (χ2v) is 5.03. The highest BCUT2D eigenvalue weighted by Crippen LogP contribution is 2.28. The fraction of sp³-hybridized carbons (Fsp3) is 0.429. The van der Waals surface area contributed by atoms with Gasteiger partial charge in [0.05, 0.1) is 0 Å². The minimum Gasteiger partial charge on any atom is -0.476 e. The first-order valence-electron chi connectivity index (χ1n) is 6.66. The van der Waals surface area contributed by atoms with Crippen molar-refractivity contribution in [2.45, 2.75) is 19.8 Å². The molecular formula is C14H17N3O2. The molecule has 1 aliphatic heterocycles. The van der Waals surface area contributed by atoms with Crippen LogP contribution in [0.5, 0.6) is 0 Å². The summed E-state index contributed by atoms with van der Waals surface area (Å²) in [4.78, 5) is 18.1. The summed E-state index contributed by atoms with van der Waals surface area (Å²) in [5.41, 5.74) is 0.960. The monoisotopic (exact) mass is 259 g/mol. The largest absolute Gasteiger partial charge is 0.476 e. The molecule has 0 radical (unpaired) electrons. The van der Waals surface area contributed by atoms with E-state index in [0.29, 0.717) is 17.4 Å². The molecule has 1 saturated heterocycles. The Morgan fingerprint density at radius 1 is 1.53 bits per heavy atom. The van der Waals surface area contributed by atoms with E-state index in [0.717, 1.165) is 25.9 Å². The van der Waals surface area contributed by atoms with E-state index >= 15 is 0 Å². The summed E-state index contributed by atoms with van der Waals surface area (Å²) in [5, 5.41) is 9.45. The Morgan fingerprint density at radius 2 is 2.37 bits per heavy atom. The molecule has 19 heavy (non-hydrogen) atoms. The van der Waals surface area contributed by atoms with E-state index < -0.39 is 5.97 Å². The predicted octanol–water partition coefficient (Wildman–Crippen LogP) is 2.27. The molecular weight excluding hydrogens is 242 g/mol. The van der Waals surface area contributed by atoms with Gasteiger partial charge in [0.2, 0.25) is 0 Å². The van der Waals surface area contributed by atoms with Gasteiger partial charge in [-0.3, -0.25) is 4.40 Å². The van der Waals surface area contributed by atoms with Crippen LogP contribution in [0.15, 0.2) is 24.4 Å². The third kappa shape index (κ3) is 1.95. The average Bonchev–Trinajstić information content (AvgIpc) is 3.02. The summed E-state index contributed by atoms with van der Waals surface area (Å²) in [6.45, 7) is 3.97. The standard InChI is InChI=1S/C14H17N3O2/c1-2-10-6-8-16(9-10)13-12(14(18)19)17-7-4-3-5-11(17)15-13/h3-5,7,10H,2,6,8-9H2,1H3,(H,18,19). The van der Waals surface area contributed by atoms with Gasteiger partial charge in [0.25, 0.3) is 0 Å². The van der Waals surface area contributed by atoms with Gasteiger partial charge in [0.15, 0.2) is 11.5 Å². The average molecular weight is 259 g/mol. The quantitative estimate of drug-likeness (QED) is 0.918. The minimum absolute atomic E-state index is 0.271. The summed E-state index contributed by atoms with van der Waals surface area (Å²) in [7, 11) is 0. The topological polar surface area (TPSA) is 57.8 Å². The van der Waals surface area contributed by atoms with Gasteiger partial charge in [-0.2, -0.15) is 0 Å². The third-order valence-corrected chi connectivity index (χ3v) is 3.88. The Hall–Kier alpha value is -2.04. The third-order valence-electron chi connectivity index (χ3n) is 3.88. The van der Waals surface area contributed by atoms with Gasteiger partial charge in [0, 0.05) is 19.3 Å². The molecule has 0 saturated carbocycles. The van der Waals surface area contributed by atoms with Crippen molar-refractivity contribution in [2.75, 3.05) is 18.0 Å². The highest BCUT2D eigenvalue weighted by atomic mass is 16.4. The lowest BCUT2D eigenvalue weighted by molar-refractivity contribution is 0.0690. The lowest BCUT2D eigenvalue weighted by atomic mass is 10.1. The molecule has 1 atom stereocenters. The highest BCUT2D eigenvalue weighted by molar-refractivity contribution is 5.93. The summed E-state index contributed by atoms with van der Waals surface area (Å²) in [6.07, 6.45) is 4.00. The van der Waals surface area contributed by atoms with Crippen molar-refractivity contribution in [1.29, 1.82) is 0 Å². The van der Waals surface area contributed by atoms with Crippen LogP contribution in [0.1, 0.15) is 30.3 Å². The Kier molecular flexibility index (Phi) is 2.89. The maximum absolute atomic E-state index is 11.5. The van der Waals surface area contributed by atoms with E-state index in [1.54, 1.807) is 10.6 Å². The molecule has 1 fully saturated rings. The highest BCUT2D eigenvalue weighted by Gasteiger charge is 2.28. The number of pyridine rings is 1. The first kappa shape index (κ1) is 12.0. The van der Waals surface area contributed by atoms with E-state index in [2.05, 4.69) is 16.8 Å². The number of rotatable bonds is 3. The molecule has 5 heteroatoms. The van der Waals surface area contributed by atoms with Crippen LogP contribution in [-0.4, -0.2) is 33.6 Å². The lowest BCUT2D eigenvalue weighted by Gasteiger charge is -2.16. The fourth-order valence-electron chi connectivity index (χ4n) is 2.76. The molecule has 0 bridgehead atoms. The number of aromatic carboxylic acids is 1. The second-order valence-electron chi connectivity index (χ2n) is 5.03. The summed E-state index contributed by atoms with van der Waals surface area (Å²) in [5.74, 6) is 0.328. The lowest BCUT2D eigenvalue weighted by Crippen LogP contribution is -2.22. The molecule has 2 aromatic rings. The van der Waals surface area contributed by atoms with Gasteiger partial charge in [-0.15, -0.1) is 0 Å². The van der Waals surface area contributed by atoms with Crippen LogP contribution in [-0.2, 0) is 0 Å². The van der Waals surface area contributed by atoms with Gasteiger partial charge < -0.3 is 10.0 Å². The minimum atomic E-state index is -0.923. The molecule has 0 spiro atoms. The molecule has 0 aromatic carbocycles. The first-order valence-corrected chi connectivity index (χ1v) is 6.66. The summed E-state index contributed by atoms with van der Waals surface area (Å²) in [6, 6.07) is 5.53. The van der Waals surface area contributed by atoms with Gasteiger partial charge in [0.1, 0.15) is 5.65 Å². The molecule has 1 N–H and O–H groups in total. The smallest absolute Gasteiger partial charge is 0.356 e. The van der Waals surface area contributed by atoms with Crippen molar-refractivity contribution >= 4 is 17.4 Å². The van der Waals surface area contributed by atoms with E-state index in [-0.39, 0.29) is 5.69 Å². The number of carboxylic acids is 1. The number of imidazole rings is 1. The van der Waals surface area contributed by atoms with E-state index in [9.17, 15) is 9.90 Å². The molecule has 3 heterocycles. The number of nitrogens with zero attached hydrogens (tertiary/aromatic N) is 3. The van der Waals surface area contributed by atoms with Crippen LogP contribution in [0.25, 0.3) is 5.65 Å². The molecule has 0 aliphatic carbocycles. The zero-order chi connectivity index (χ0) is 13.4. The van der Waals surface area contributed by atoms with Crippen LogP contribution >= 0.6 is 0 Å². The normalized spacial score (nSPS) is 19.2. The fourth-order valence-corrected chi connectivity index (χ4v) is 2.76. The second kappa shape index (κ2) is 4.57. The van der Waals surface area contributed by atoms with Crippen molar-refractivity contribution in [2.24, 2.45) is 5.92 Å². The van der Waals surface area contributed by atoms with Crippen molar-refractivity contribution in [1.82, 2.24) is 9.38 Å². The predicted molar refractivity (Wildman–Crippen MR) is 72.8 cm³/mol. The summed E-state index contributed by atoms with van der Waals surface area (Å²) >= 11 is 0. The number of hydrogen-bond donors (Lipinski definition) is 1.